The summed E-state index contributed by atoms with van der Waals surface area (Å²) in [4.78, 5) is 46.4. The number of ether oxygens (including phenoxy) is 2. The molecule has 0 aliphatic carbocycles. The minimum absolute atomic E-state index is 0.0308. The molecule has 1 aliphatic heterocycles. The summed E-state index contributed by atoms with van der Waals surface area (Å²) >= 11 is 1.05. The zero-order chi connectivity index (χ0) is 26.3. The van der Waals surface area contributed by atoms with E-state index in [-0.39, 0.29) is 28.5 Å². The summed E-state index contributed by atoms with van der Waals surface area (Å²) in [7, 11) is 0. The lowest BCUT2D eigenvalue weighted by molar-refractivity contribution is 0.0531. The third-order valence-electron chi connectivity index (χ3n) is 6.12. The molecule has 1 amide bonds. The summed E-state index contributed by atoms with van der Waals surface area (Å²) in [6.07, 6.45) is 0.838. The van der Waals surface area contributed by atoms with Gasteiger partial charge in [-0.1, -0.05) is 42.0 Å². The monoisotopic (exact) mass is 518 g/mol. The number of esters is 1. The molecular formula is C28H26N2O6S. The number of benzene rings is 2. The first-order valence-corrected chi connectivity index (χ1v) is 12.9. The van der Waals surface area contributed by atoms with Crippen LogP contribution in [0.5, 0.6) is 5.75 Å². The molecule has 0 radical (unpaired) electrons. The van der Waals surface area contributed by atoms with Gasteiger partial charge in [0.2, 0.25) is 5.76 Å². The van der Waals surface area contributed by atoms with Gasteiger partial charge in [0.15, 0.2) is 10.6 Å². The number of anilines is 1. The quantitative estimate of drug-likeness (QED) is 0.295. The van der Waals surface area contributed by atoms with E-state index in [0.717, 1.165) is 23.3 Å². The van der Waals surface area contributed by atoms with Crippen LogP contribution in [0.4, 0.5) is 5.13 Å². The number of aromatic nitrogens is 1. The van der Waals surface area contributed by atoms with Gasteiger partial charge < -0.3 is 13.9 Å². The van der Waals surface area contributed by atoms with Gasteiger partial charge in [-0.15, -0.1) is 0 Å². The Labute approximate surface area is 217 Å². The van der Waals surface area contributed by atoms with Gasteiger partial charge >= 0.3 is 5.97 Å². The predicted octanol–water partition coefficient (Wildman–Crippen LogP) is 5.58. The Bertz CT molecular complexity index is 1590. The summed E-state index contributed by atoms with van der Waals surface area (Å²) in [6.45, 7) is 8.08. The highest BCUT2D eigenvalue weighted by Gasteiger charge is 2.45. The van der Waals surface area contributed by atoms with Crippen molar-refractivity contribution < 1.29 is 23.5 Å². The number of aryl methyl sites for hydroxylation is 2. The van der Waals surface area contributed by atoms with Gasteiger partial charge in [0, 0.05) is 0 Å². The normalized spacial score (nSPS) is 14.8. The summed E-state index contributed by atoms with van der Waals surface area (Å²) < 4.78 is 17.0. The molecule has 8 nitrogen and oxygen atoms in total. The molecule has 2 aromatic heterocycles. The molecule has 37 heavy (non-hydrogen) atoms. The van der Waals surface area contributed by atoms with E-state index in [0.29, 0.717) is 39.5 Å². The van der Waals surface area contributed by atoms with Gasteiger partial charge in [0.1, 0.15) is 16.2 Å². The Kier molecular flexibility index (Phi) is 6.55. The molecule has 0 saturated carbocycles. The van der Waals surface area contributed by atoms with Crippen molar-refractivity contribution >= 4 is 39.3 Å². The first kappa shape index (κ1) is 24.7. The van der Waals surface area contributed by atoms with Crippen molar-refractivity contribution in [3.05, 3.63) is 85.7 Å². The van der Waals surface area contributed by atoms with Crippen LogP contribution in [0.25, 0.3) is 11.0 Å². The highest BCUT2D eigenvalue weighted by molar-refractivity contribution is 7.17. The fourth-order valence-electron chi connectivity index (χ4n) is 4.46. The van der Waals surface area contributed by atoms with E-state index in [4.69, 9.17) is 13.9 Å². The van der Waals surface area contributed by atoms with Crippen molar-refractivity contribution in [1.82, 2.24) is 4.98 Å². The Morgan fingerprint density at radius 2 is 1.95 bits per heavy atom. The van der Waals surface area contributed by atoms with E-state index in [1.165, 1.54) is 4.90 Å². The van der Waals surface area contributed by atoms with Crippen molar-refractivity contribution in [2.75, 3.05) is 18.1 Å². The Morgan fingerprint density at radius 3 is 2.70 bits per heavy atom. The van der Waals surface area contributed by atoms with E-state index < -0.39 is 17.9 Å². The molecule has 5 rings (SSSR count). The maximum absolute atomic E-state index is 13.8. The summed E-state index contributed by atoms with van der Waals surface area (Å²) in [5, 5.41) is 0.681. The van der Waals surface area contributed by atoms with Crippen molar-refractivity contribution in [2.24, 2.45) is 0 Å². The molecule has 1 unspecified atom stereocenters. The van der Waals surface area contributed by atoms with Gasteiger partial charge in [-0.05, 0) is 57.0 Å². The summed E-state index contributed by atoms with van der Waals surface area (Å²) in [6, 6.07) is 11.8. The molecule has 190 valence electrons. The van der Waals surface area contributed by atoms with E-state index in [2.05, 4.69) is 4.98 Å². The van der Waals surface area contributed by atoms with Crippen LogP contribution >= 0.6 is 11.3 Å². The van der Waals surface area contributed by atoms with Crippen LogP contribution in [-0.4, -0.2) is 30.1 Å². The highest BCUT2D eigenvalue weighted by atomic mass is 32.1. The van der Waals surface area contributed by atoms with E-state index in [1.807, 2.05) is 44.2 Å². The molecule has 0 N–H and O–H groups in total. The summed E-state index contributed by atoms with van der Waals surface area (Å²) in [5.74, 6) is -0.404. The number of hydrogen-bond acceptors (Lipinski definition) is 8. The molecule has 0 saturated heterocycles. The van der Waals surface area contributed by atoms with Gasteiger partial charge in [-0.25, -0.2) is 9.78 Å². The minimum atomic E-state index is -0.811. The lowest BCUT2D eigenvalue weighted by Gasteiger charge is -2.23. The topological polar surface area (TPSA) is 98.9 Å². The molecule has 0 fully saturated rings. The Hall–Kier alpha value is -3.98. The minimum Gasteiger partial charge on any atom is -0.494 e. The fraction of sp³-hybridized carbons (Fsp3) is 0.286. The maximum Gasteiger partial charge on any atom is 0.350 e. The van der Waals surface area contributed by atoms with Crippen molar-refractivity contribution in [1.29, 1.82) is 0 Å². The Morgan fingerprint density at radius 1 is 1.14 bits per heavy atom. The molecular weight excluding hydrogens is 492 g/mol. The van der Waals surface area contributed by atoms with Gasteiger partial charge in [0.25, 0.3) is 5.91 Å². The highest BCUT2D eigenvalue weighted by Crippen LogP contribution is 2.43. The number of nitrogens with zero attached hydrogens (tertiary/aromatic N) is 2. The standard InChI is InChI=1S/C28H26N2O6S/c1-5-12-35-18-9-7-8-17(14-18)22-21-23(31)19-13-15(3)10-11-20(19)36-24(21)26(32)30(22)28-29-16(4)25(37-28)27(33)34-6-2/h7-11,13-14,22H,5-6,12H2,1-4H3. The molecule has 1 atom stereocenters. The molecule has 2 aromatic carbocycles. The van der Waals surface area contributed by atoms with Crippen molar-refractivity contribution in [2.45, 2.75) is 40.2 Å². The van der Waals surface area contributed by atoms with Crippen LogP contribution in [0.1, 0.15) is 68.9 Å². The second-order valence-corrected chi connectivity index (χ2v) is 9.78. The second-order valence-electron chi connectivity index (χ2n) is 8.80. The molecule has 0 spiro atoms. The van der Waals surface area contributed by atoms with Gasteiger partial charge in [0.05, 0.1) is 35.9 Å². The smallest absolute Gasteiger partial charge is 0.350 e. The average Bonchev–Trinajstić information content (AvgIpc) is 3.41. The lowest BCUT2D eigenvalue weighted by atomic mass is 9.98. The number of fused-ring (bicyclic) bond motifs is 2. The van der Waals surface area contributed by atoms with E-state index in [9.17, 15) is 14.4 Å². The van der Waals surface area contributed by atoms with Crippen LogP contribution in [0.2, 0.25) is 0 Å². The van der Waals surface area contributed by atoms with E-state index >= 15 is 0 Å². The number of thiazole rings is 1. The molecule has 0 bridgehead atoms. The van der Waals surface area contributed by atoms with Crippen LogP contribution in [0.15, 0.2) is 51.7 Å². The van der Waals surface area contributed by atoms with Crippen LogP contribution < -0.4 is 15.1 Å². The zero-order valence-electron chi connectivity index (χ0n) is 21.0. The lowest BCUT2D eigenvalue weighted by Crippen LogP contribution is -2.29. The van der Waals surface area contributed by atoms with Crippen LogP contribution in [0.3, 0.4) is 0 Å². The van der Waals surface area contributed by atoms with E-state index in [1.54, 1.807) is 26.0 Å². The van der Waals surface area contributed by atoms with Gasteiger partial charge in [-0.3, -0.25) is 14.5 Å². The number of hydrogen-bond donors (Lipinski definition) is 0. The maximum atomic E-state index is 13.8. The van der Waals surface area contributed by atoms with Crippen LogP contribution in [0, 0.1) is 13.8 Å². The van der Waals surface area contributed by atoms with Crippen molar-refractivity contribution in [3.8, 4) is 5.75 Å². The van der Waals surface area contributed by atoms with Crippen molar-refractivity contribution in [3.63, 3.8) is 0 Å². The third-order valence-corrected chi connectivity index (χ3v) is 7.26. The largest absolute Gasteiger partial charge is 0.494 e. The Balaban J connectivity index is 1.73. The number of rotatable bonds is 7. The first-order chi connectivity index (χ1) is 17.8. The molecule has 9 heteroatoms. The van der Waals surface area contributed by atoms with Gasteiger partial charge in [-0.2, -0.15) is 0 Å². The number of carbonyl (C=O) groups excluding carboxylic acids is 2. The zero-order valence-corrected chi connectivity index (χ0v) is 21.8. The van der Waals surface area contributed by atoms with Crippen LogP contribution in [-0.2, 0) is 4.74 Å². The predicted molar refractivity (Wildman–Crippen MR) is 141 cm³/mol. The molecule has 1 aliphatic rings. The summed E-state index contributed by atoms with van der Waals surface area (Å²) in [5.41, 5.74) is 2.32. The molecule has 3 heterocycles. The SMILES string of the molecule is CCCOc1cccc(C2c3c(oc4ccc(C)cc4c3=O)C(=O)N2c2nc(C)c(C(=O)OCC)s2)c1. The number of amides is 1. The second kappa shape index (κ2) is 9.82. The first-order valence-electron chi connectivity index (χ1n) is 12.1. The fourth-order valence-corrected chi connectivity index (χ4v) is 5.45. The number of carbonyl (C=O) groups is 2. The molecule has 4 aromatic rings. The third kappa shape index (κ3) is 4.29. The average molecular weight is 519 g/mol.